The molecule has 8 nitrogen and oxygen atoms in total. The summed E-state index contributed by atoms with van der Waals surface area (Å²) >= 11 is 6.49. The summed E-state index contributed by atoms with van der Waals surface area (Å²) in [6.45, 7) is 4.51. The Balaban J connectivity index is 1.43. The number of rotatable bonds is 9. The summed E-state index contributed by atoms with van der Waals surface area (Å²) in [4.78, 5) is 29.2. The normalized spacial score (nSPS) is 10.8. The van der Waals surface area contributed by atoms with Gasteiger partial charge in [0.05, 0.1) is 22.7 Å². The second kappa shape index (κ2) is 10.4. The number of anilines is 2. The van der Waals surface area contributed by atoms with Crippen molar-refractivity contribution in [3.63, 3.8) is 0 Å². The molecule has 176 valence electrons. The summed E-state index contributed by atoms with van der Waals surface area (Å²) in [5.41, 5.74) is 4.72. The van der Waals surface area contributed by atoms with E-state index in [1.54, 1.807) is 6.07 Å². The average Bonchev–Trinajstić information content (AvgIpc) is 3.18. The predicted octanol–water partition coefficient (Wildman–Crippen LogP) is 4.85. The Hall–Kier alpha value is -3.91. The Morgan fingerprint density at radius 2 is 1.71 bits per heavy atom. The molecule has 34 heavy (non-hydrogen) atoms. The molecule has 4 rings (SSSR count). The maximum Gasteiger partial charge on any atom is 0.323 e. The zero-order valence-corrected chi connectivity index (χ0v) is 19.6. The Morgan fingerprint density at radius 3 is 2.47 bits per heavy atom. The maximum absolute atomic E-state index is 12.3. The molecule has 1 aromatic heterocycles. The number of fused-ring (bicyclic) bond motifs is 1. The Kier molecular flexibility index (Phi) is 7.08. The number of halogens is 1. The largest absolute Gasteiger partial charge is 0.490 e. The fourth-order valence-corrected chi connectivity index (χ4v) is 3.73. The van der Waals surface area contributed by atoms with Gasteiger partial charge in [-0.2, -0.15) is 0 Å². The van der Waals surface area contributed by atoms with Crippen molar-refractivity contribution in [3.8, 4) is 11.5 Å². The molecule has 4 aromatic rings. The molecule has 0 spiro atoms. The molecule has 0 radical (unpaired) electrons. The lowest BCUT2D eigenvalue weighted by atomic mass is 10.2. The smallest absolute Gasteiger partial charge is 0.323 e. The van der Waals surface area contributed by atoms with Crippen LogP contribution in [0.25, 0.3) is 11.0 Å². The van der Waals surface area contributed by atoms with Gasteiger partial charge in [-0.25, -0.2) is 4.79 Å². The van der Waals surface area contributed by atoms with Gasteiger partial charge in [0.15, 0.2) is 18.1 Å². The zero-order valence-electron chi connectivity index (χ0n) is 18.8. The van der Waals surface area contributed by atoms with Crippen LogP contribution < -0.4 is 25.8 Å². The molecule has 1 amide bonds. The van der Waals surface area contributed by atoms with Crippen molar-refractivity contribution in [1.29, 1.82) is 0 Å². The molecule has 0 aliphatic rings. The SMILES string of the molecule is CCOc1cc(CNc2ccc3[nH]c(=O)[nH]c3c2)cc(Cl)c1OCC(=O)Nc1ccc(C)cc1. The molecule has 0 aliphatic heterocycles. The predicted molar refractivity (Wildman–Crippen MR) is 134 cm³/mol. The van der Waals surface area contributed by atoms with Crippen LogP contribution in [0.2, 0.25) is 5.02 Å². The van der Waals surface area contributed by atoms with Crippen LogP contribution >= 0.6 is 11.6 Å². The minimum Gasteiger partial charge on any atom is -0.490 e. The van der Waals surface area contributed by atoms with E-state index in [-0.39, 0.29) is 18.2 Å². The molecular formula is C25H25ClN4O4. The van der Waals surface area contributed by atoms with Crippen LogP contribution in [0.1, 0.15) is 18.1 Å². The highest BCUT2D eigenvalue weighted by molar-refractivity contribution is 6.32. The number of ether oxygens (including phenoxy) is 2. The third-order valence-corrected chi connectivity index (χ3v) is 5.35. The minimum atomic E-state index is -0.300. The van der Waals surface area contributed by atoms with Crippen LogP contribution in [0.3, 0.4) is 0 Å². The Labute approximate surface area is 201 Å². The third kappa shape index (κ3) is 5.71. The highest BCUT2D eigenvalue weighted by Crippen LogP contribution is 2.37. The molecule has 0 saturated carbocycles. The summed E-state index contributed by atoms with van der Waals surface area (Å²) in [5.74, 6) is 0.476. The second-order valence-electron chi connectivity index (χ2n) is 7.73. The van der Waals surface area contributed by atoms with Gasteiger partial charge in [0, 0.05) is 17.9 Å². The lowest BCUT2D eigenvalue weighted by Gasteiger charge is -2.16. The Bertz CT molecular complexity index is 1360. The number of H-pyrrole nitrogens is 2. The van der Waals surface area contributed by atoms with Gasteiger partial charge >= 0.3 is 5.69 Å². The van der Waals surface area contributed by atoms with E-state index >= 15 is 0 Å². The molecule has 0 aliphatic carbocycles. The van der Waals surface area contributed by atoms with Gasteiger partial charge in [-0.05, 0) is 61.9 Å². The number of carbonyl (C=O) groups is 1. The first-order chi connectivity index (χ1) is 16.4. The molecule has 0 atom stereocenters. The first-order valence-corrected chi connectivity index (χ1v) is 11.2. The number of hydrogen-bond acceptors (Lipinski definition) is 5. The van der Waals surface area contributed by atoms with Crippen LogP contribution in [-0.2, 0) is 11.3 Å². The average molecular weight is 481 g/mol. The molecule has 0 bridgehead atoms. The summed E-state index contributed by atoms with van der Waals surface area (Å²) in [5, 5.41) is 6.44. The van der Waals surface area contributed by atoms with Crippen molar-refractivity contribution < 1.29 is 14.3 Å². The van der Waals surface area contributed by atoms with Gasteiger partial charge in [-0.15, -0.1) is 0 Å². The van der Waals surface area contributed by atoms with E-state index in [4.69, 9.17) is 21.1 Å². The Morgan fingerprint density at radius 1 is 0.971 bits per heavy atom. The molecule has 9 heteroatoms. The van der Waals surface area contributed by atoms with Crippen LogP contribution in [0.5, 0.6) is 11.5 Å². The fraction of sp³-hybridized carbons (Fsp3) is 0.200. The van der Waals surface area contributed by atoms with E-state index in [0.29, 0.717) is 35.4 Å². The monoisotopic (exact) mass is 480 g/mol. The van der Waals surface area contributed by atoms with Crippen molar-refractivity contribution in [2.24, 2.45) is 0 Å². The van der Waals surface area contributed by atoms with Gasteiger partial charge in [0.2, 0.25) is 0 Å². The van der Waals surface area contributed by atoms with E-state index in [0.717, 1.165) is 27.8 Å². The lowest BCUT2D eigenvalue weighted by molar-refractivity contribution is -0.118. The van der Waals surface area contributed by atoms with Crippen LogP contribution in [0.15, 0.2) is 59.4 Å². The highest BCUT2D eigenvalue weighted by atomic mass is 35.5. The molecule has 4 N–H and O–H groups in total. The number of aromatic nitrogens is 2. The summed E-state index contributed by atoms with van der Waals surface area (Å²) in [7, 11) is 0. The number of carbonyl (C=O) groups excluding carboxylic acids is 1. The quantitative estimate of drug-likeness (QED) is 0.274. The van der Waals surface area contributed by atoms with Gasteiger partial charge in [0.25, 0.3) is 5.91 Å². The summed E-state index contributed by atoms with van der Waals surface area (Å²) < 4.78 is 11.4. The van der Waals surface area contributed by atoms with Crippen molar-refractivity contribution in [2.75, 3.05) is 23.8 Å². The van der Waals surface area contributed by atoms with Crippen molar-refractivity contribution in [2.45, 2.75) is 20.4 Å². The second-order valence-corrected chi connectivity index (χ2v) is 8.14. The maximum atomic E-state index is 12.3. The highest BCUT2D eigenvalue weighted by Gasteiger charge is 2.15. The molecule has 0 unspecified atom stereocenters. The standard InChI is InChI=1S/C25H25ClN4O4/c1-3-33-22-11-16(13-27-18-8-9-20-21(12-18)30-25(32)29-20)10-19(26)24(22)34-14-23(31)28-17-6-4-15(2)5-7-17/h4-12,27H,3,13-14H2,1-2H3,(H,28,31)(H2,29,30,32). The molecule has 0 saturated heterocycles. The third-order valence-electron chi connectivity index (χ3n) is 5.06. The number of aryl methyl sites for hydroxylation is 1. The number of imidazole rings is 1. The topological polar surface area (TPSA) is 108 Å². The number of benzene rings is 3. The van der Waals surface area contributed by atoms with Crippen molar-refractivity contribution in [3.05, 3.63) is 81.2 Å². The zero-order chi connectivity index (χ0) is 24.1. The van der Waals surface area contributed by atoms with Crippen molar-refractivity contribution >= 4 is 39.9 Å². The van der Waals surface area contributed by atoms with Crippen LogP contribution in [0, 0.1) is 6.92 Å². The van der Waals surface area contributed by atoms with E-state index in [9.17, 15) is 9.59 Å². The van der Waals surface area contributed by atoms with E-state index < -0.39 is 0 Å². The van der Waals surface area contributed by atoms with Gasteiger partial charge in [-0.1, -0.05) is 29.3 Å². The number of nitrogens with one attached hydrogen (secondary N) is 4. The van der Waals surface area contributed by atoms with Crippen LogP contribution in [-0.4, -0.2) is 29.1 Å². The molecule has 0 fully saturated rings. The van der Waals surface area contributed by atoms with E-state index in [1.165, 1.54) is 0 Å². The van der Waals surface area contributed by atoms with Crippen molar-refractivity contribution in [1.82, 2.24) is 9.97 Å². The molecule has 3 aromatic carbocycles. The number of hydrogen-bond donors (Lipinski definition) is 4. The van der Waals surface area contributed by atoms with Gasteiger partial charge in [0.1, 0.15) is 0 Å². The number of amides is 1. The lowest BCUT2D eigenvalue weighted by Crippen LogP contribution is -2.20. The molecular weight excluding hydrogens is 456 g/mol. The summed E-state index contributed by atoms with van der Waals surface area (Å²) in [6.07, 6.45) is 0. The fourth-order valence-electron chi connectivity index (χ4n) is 3.44. The minimum absolute atomic E-state index is 0.208. The number of aromatic amines is 2. The van der Waals surface area contributed by atoms with E-state index in [2.05, 4.69) is 20.6 Å². The van der Waals surface area contributed by atoms with Gasteiger partial charge < -0.3 is 30.1 Å². The van der Waals surface area contributed by atoms with Crippen LogP contribution in [0.4, 0.5) is 11.4 Å². The molecule has 1 heterocycles. The van der Waals surface area contributed by atoms with E-state index in [1.807, 2.05) is 62.4 Å². The first-order valence-electron chi connectivity index (χ1n) is 10.8. The first kappa shape index (κ1) is 23.3. The summed E-state index contributed by atoms with van der Waals surface area (Å²) in [6, 6.07) is 16.6. The van der Waals surface area contributed by atoms with Gasteiger partial charge in [-0.3, -0.25) is 4.79 Å².